The van der Waals surface area contributed by atoms with Crippen molar-refractivity contribution >= 4 is 38.6 Å². The highest BCUT2D eigenvalue weighted by Gasteiger charge is 2.09. The lowest BCUT2D eigenvalue weighted by Crippen LogP contribution is -2.06. The first-order valence-corrected chi connectivity index (χ1v) is 8.83. The minimum Gasteiger partial charge on any atom is -0.326 e. The zero-order valence-electron chi connectivity index (χ0n) is 14.3. The predicted molar refractivity (Wildman–Crippen MR) is 105 cm³/mol. The van der Waals surface area contributed by atoms with Gasteiger partial charge in [0.2, 0.25) is 5.91 Å². The number of amides is 1. The fourth-order valence-corrected chi connectivity index (χ4v) is 3.44. The van der Waals surface area contributed by atoms with Crippen molar-refractivity contribution in [3.8, 4) is 16.8 Å². The lowest BCUT2D eigenvalue weighted by Gasteiger charge is -2.09. The molecule has 0 aliphatic heterocycles. The van der Waals surface area contributed by atoms with Gasteiger partial charge in [0.1, 0.15) is 6.33 Å². The van der Waals surface area contributed by atoms with Crippen LogP contribution in [0, 0.1) is 0 Å². The van der Waals surface area contributed by atoms with E-state index < -0.39 is 0 Å². The molecule has 0 radical (unpaired) electrons. The van der Waals surface area contributed by atoms with Crippen LogP contribution in [0.5, 0.6) is 0 Å². The molecule has 4 rings (SSSR count). The Bertz CT molecular complexity index is 1130. The molecule has 1 amide bonds. The molecule has 130 valence electrons. The van der Waals surface area contributed by atoms with Crippen LogP contribution in [-0.2, 0) is 11.8 Å². The van der Waals surface area contributed by atoms with Crippen molar-refractivity contribution in [3.63, 3.8) is 0 Å². The maximum absolute atomic E-state index is 11.4. The van der Waals surface area contributed by atoms with Gasteiger partial charge in [0.05, 0.1) is 22.9 Å². The average molecular weight is 410 g/mol. The topological polar surface area (TPSA) is 64.7 Å². The predicted octanol–water partition coefficient (Wildman–Crippen LogP) is 4.15. The zero-order valence-corrected chi connectivity index (χ0v) is 15.9. The summed E-state index contributed by atoms with van der Waals surface area (Å²) in [5.41, 5.74) is 5.66. The fourth-order valence-electron chi connectivity index (χ4n) is 2.96. The number of hydrogen-bond donors (Lipinski definition) is 1. The molecule has 0 spiro atoms. The van der Waals surface area contributed by atoms with E-state index in [0.717, 1.165) is 38.0 Å². The molecule has 4 aromatic rings. The van der Waals surface area contributed by atoms with Gasteiger partial charge in [0, 0.05) is 35.9 Å². The molecule has 2 heterocycles. The lowest BCUT2D eigenvalue weighted by molar-refractivity contribution is -0.114. The molecule has 26 heavy (non-hydrogen) atoms. The van der Waals surface area contributed by atoms with Gasteiger partial charge in [-0.25, -0.2) is 4.98 Å². The summed E-state index contributed by atoms with van der Waals surface area (Å²) in [5, 5.41) is 7.04. The van der Waals surface area contributed by atoms with Crippen LogP contribution in [0.4, 0.5) is 5.69 Å². The first-order chi connectivity index (χ1) is 12.5. The van der Waals surface area contributed by atoms with E-state index in [1.54, 1.807) is 11.0 Å². The number of rotatable bonds is 3. The van der Waals surface area contributed by atoms with Crippen LogP contribution in [0.3, 0.4) is 0 Å². The molecule has 0 aliphatic rings. The molecule has 0 unspecified atom stereocenters. The Morgan fingerprint density at radius 3 is 2.73 bits per heavy atom. The second-order valence-corrected chi connectivity index (χ2v) is 7.02. The van der Waals surface area contributed by atoms with Gasteiger partial charge in [-0.1, -0.05) is 22.0 Å². The van der Waals surface area contributed by atoms with Crippen molar-refractivity contribution in [1.29, 1.82) is 0 Å². The van der Waals surface area contributed by atoms with E-state index in [1.165, 1.54) is 6.92 Å². The van der Waals surface area contributed by atoms with E-state index in [0.29, 0.717) is 0 Å². The molecule has 0 saturated heterocycles. The zero-order chi connectivity index (χ0) is 18.3. The van der Waals surface area contributed by atoms with Gasteiger partial charge in [-0.05, 0) is 35.9 Å². The van der Waals surface area contributed by atoms with Gasteiger partial charge in [0.25, 0.3) is 0 Å². The molecule has 2 aromatic carbocycles. The molecule has 2 aromatic heterocycles. The van der Waals surface area contributed by atoms with E-state index in [2.05, 4.69) is 43.5 Å². The van der Waals surface area contributed by atoms with E-state index >= 15 is 0 Å². The molecule has 0 atom stereocenters. The van der Waals surface area contributed by atoms with E-state index in [-0.39, 0.29) is 5.91 Å². The summed E-state index contributed by atoms with van der Waals surface area (Å²) in [6.07, 6.45) is 5.61. The largest absolute Gasteiger partial charge is 0.326 e. The molecule has 1 N–H and O–H groups in total. The van der Waals surface area contributed by atoms with Crippen molar-refractivity contribution < 1.29 is 4.79 Å². The number of halogens is 1. The Balaban J connectivity index is 1.78. The minimum absolute atomic E-state index is 0.106. The van der Waals surface area contributed by atoms with Gasteiger partial charge < -0.3 is 5.32 Å². The number of anilines is 1. The third-order valence-electron chi connectivity index (χ3n) is 4.07. The molecular weight excluding hydrogens is 394 g/mol. The van der Waals surface area contributed by atoms with Crippen molar-refractivity contribution in [2.24, 2.45) is 7.05 Å². The standard InChI is InChI=1S/C19H16BrN5O/c1-12(26)23-16-6-15(20)7-17(8-16)25-11-21-18-5-13(3-4-19(18)25)14-9-22-24(2)10-14/h3-11H,1-2H3,(H,23,26). The maximum Gasteiger partial charge on any atom is 0.221 e. The number of benzene rings is 2. The smallest absolute Gasteiger partial charge is 0.221 e. The Morgan fingerprint density at radius 1 is 1.15 bits per heavy atom. The number of nitrogens with zero attached hydrogens (tertiary/aromatic N) is 4. The van der Waals surface area contributed by atoms with Crippen LogP contribution in [0.2, 0.25) is 0 Å². The van der Waals surface area contributed by atoms with Gasteiger partial charge in [0.15, 0.2) is 0 Å². The number of imidazole rings is 1. The van der Waals surface area contributed by atoms with Crippen LogP contribution in [0.1, 0.15) is 6.92 Å². The average Bonchev–Trinajstić information content (AvgIpc) is 3.19. The highest BCUT2D eigenvalue weighted by molar-refractivity contribution is 9.10. The third-order valence-corrected chi connectivity index (χ3v) is 4.52. The SMILES string of the molecule is CC(=O)Nc1cc(Br)cc(-n2cnc3cc(-c4cnn(C)c4)ccc32)c1. The summed E-state index contributed by atoms with van der Waals surface area (Å²) in [5.74, 6) is -0.106. The van der Waals surface area contributed by atoms with E-state index in [4.69, 9.17) is 0 Å². The normalized spacial score (nSPS) is 11.0. The molecular formula is C19H16BrN5O. The second-order valence-electron chi connectivity index (χ2n) is 6.10. The number of fused-ring (bicyclic) bond motifs is 1. The van der Waals surface area contributed by atoms with Crippen molar-refractivity contribution in [2.45, 2.75) is 6.92 Å². The van der Waals surface area contributed by atoms with Crippen LogP contribution in [-0.4, -0.2) is 25.2 Å². The molecule has 0 fully saturated rings. The highest BCUT2D eigenvalue weighted by Crippen LogP contribution is 2.28. The fraction of sp³-hybridized carbons (Fsp3) is 0.105. The second kappa shape index (κ2) is 6.42. The quantitative estimate of drug-likeness (QED) is 0.552. The van der Waals surface area contributed by atoms with Crippen LogP contribution < -0.4 is 5.32 Å². The van der Waals surface area contributed by atoms with Gasteiger partial charge in [-0.2, -0.15) is 5.10 Å². The number of aryl methyl sites for hydroxylation is 1. The molecule has 6 nitrogen and oxygen atoms in total. The van der Waals surface area contributed by atoms with E-state index in [9.17, 15) is 4.79 Å². The van der Waals surface area contributed by atoms with E-state index in [1.807, 2.05) is 48.3 Å². The Labute approximate surface area is 158 Å². The van der Waals surface area contributed by atoms with Crippen LogP contribution >= 0.6 is 15.9 Å². The van der Waals surface area contributed by atoms with Crippen LogP contribution in [0.15, 0.2) is 59.6 Å². The first kappa shape index (κ1) is 16.5. The van der Waals surface area contributed by atoms with Crippen molar-refractivity contribution in [3.05, 3.63) is 59.6 Å². The lowest BCUT2D eigenvalue weighted by atomic mass is 10.1. The van der Waals surface area contributed by atoms with Crippen molar-refractivity contribution in [2.75, 3.05) is 5.32 Å². The molecule has 0 saturated carbocycles. The monoisotopic (exact) mass is 409 g/mol. The summed E-state index contributed by atoms with van der Waals surface area (Å²) < 4.78 is 4.66. The number of hydrogen-bond acceptors (Lipinski definition) is 3. The maximum atomic E-state index is 11.4. The summed E-state index contributed by atoms with van der Waals surface area (Å²) in [7, 11) is 1.90. The molecule has 7 heteroatoms. The summed E-state index contributed by atoms with van der Waals surface area (Å²) in [6.45, 7) is 1.49. The highest BCUT2D eigenvalue weighted by atomic mass is 79.9. The molecule has 0 aliphatic carbocycles. The minimum atomic E-state index is -0.106. The molecule has 0 bridgehead atoms. The Kier molecular flexibility index (Phi) is 4.08. The van der Waals surface area contributed by atoms with Gasteiger partial charge >= 0.3 is 0 Å². The van der Waals surface area contributed by atoms with Crippen LogP contribution in [0.25, 0.3) is 27.8 Å². The van der Waals surface area contributed by atoms with Gasteiger partial charge in [-0.15, -0.1) is 0 Å². The Hall–Kier alpha value is -2.93. The van der Waals surface area contributed by atoms with Crippen molar-refractivity contribution in [1.82, 2.24) is 19.3 Å². The number of aromatic nitrogens is 4. The number of carbonyl (C=O) groups excluding carboxylic acids is 1. The number of nitrogens with one attached hydrogen (secondary N) is 1. The summed E-state index contributed by atoms with van der Waals surface area (Å²) >= 11 is 3.50. The van der Waals surface area contributed by atoms with Gasteiger partial charge in [-0.3, -0.25) is 14.0 Å². The third kappa shape index (κ3) is 3.13. The number of carbonyl (C=O) groups is 1. The summed E-state index contributed by atoms with van der Waals surface area (Å²) in [4.78, 5) is 15.9. The Morgan fingerprint density at radius 2 is 2.00 bits per heavy atom. The first-order valence-electron chi connectivity index (χ1n) is 8.04. The summed E-state index contributed by atoms with van der Waals surface area (Å²) in [6, 6.07) is 11.9.